The second-order valence-electron chi connectivity index (χ2n) is 6.16. The number of rotatable bonds is 5. The molecule has 3 aromatic rings. The van der Waals surface area contributed by atoms with E-state index >= 15 is 0 Å². The van der Waals surface area contributed by atoms with E-state index in [1.54, 1.807) is 6.33 Å². The van der Waals surface area contributed by atoms with E-state index in [4.69, 9.17) is 16.3 Å². The molecule has 1 aliphatic heterocycles. The monoisotopic (exact) mass is 357 g/mol. The van der Waals surface area contributed by atoms with Crippen molar-refractivity contribution >= 4 is 28.6 Å². The number of nitrogens with zero attached hydrogens (tertiary/aromatic N) is 4. The van der Waals surface area contributed by atoms with Gasteiger partial charge in [0.05, 0.1) is 11.1 Å². The molecule has 25 heavy (non-hydrogen) atoms. The number of para-hydroxylation sites is 1. The molecule has 0 aliphatic carbocycles. The number of aryl methyl sites for hydroxylation is 1. The molecule has 0 amide bonds. The van der Waals surface area contributed by atoms with Gasteiger partial charge in [-0.05, 0) is 25.0 Å². The Morgan fingerprint density at radius 1 is 1.32 bits per heavy atom. The summed E-state index contributed by atoms with van der Waals surface area (Å²) in [7, 11) is 0. The minimum atomic E-state index is 0.246. The molecular formula is C18H20ClN5O. The molecule has 1 saturated heterocycles. The number of imidazole rings is 1. The summed E-state index contributed by atoms with van der Waals surface area (Å²) >= 11 is 6.19. The van der Waals surface area contributed by atoms with Crippen LogP contribution in [0.3, 0.4) is 0 Å². The average molecular weight is 358 g/mol. The quantitative estimate of drug-likeness (QED) is 0.755. The van der Waals surface area contributed by atoms with Crippen molar-refractivity contribution < 1.29 is 4.74 Å². The predicted octanol–water partition coefficient (Wildman–Crippen LogP) is 3.62. The first-order chi connectivity index (χ1) is 12.3. The summed E-state index contributed by atoms with van der Waals surface area (Å²) in [6.07, 6.45) is 4.60. The molecule has 0 spiro atoms. The second kappa shape index (κ2) is 6.88. The smallest absolute Gasteiger partial charge is 0.163 e. The molecule has 3 heterocycles. The van der Waals surface area contributed by atoms with Crippen molar-refractivity contribution in [1.82, 2.24) is 19.9 Å². The lowest BCUT2D eigenvalue weighted by Crippen LogP contribution is -2.35. The minimum Gasteiger partial charge on any atom is -0.490 e. The van der Waals surface area contributed by atoms with E-state index in [1.807, 2.05) is 24.3 Å². The van der Waals surface area contributed by atoms with Crippen LogP contribution in [0, 0.1) is 0 Å². The zero-order chi connectivity index (χ0) is 17.2. The van der Waals surface area contributed by atoms with Crippen LogP contribution in [0.1, 0.15) is 25.6 Å². The maximum absolute atomic E-state index is 6.19. The van der Waals surface area contributed by atoms with Crippen LogP contribution < -0.4 is 9.64 Å². The van der Waals surface area contributed by atoms with Gasteiger partial charge in [-0.2, -0.15) is 0 Å². The van der Waals surface area contributed by atoms with E-state index < -0.39 is 0 Å². The highest BCUT2D eigenvalue weighted by Crippen LogP contribution is 2.30. The molecule has 1 aromatic carbocycles. The van der Waals surface area contributed by atoms with E-state index in [9.17, 15) is 0 Å². The average Bonchev–Trinajstić information content (AvgIpc) is 3.27. The van der Waals surface area contributed by atoms with Gasteiger partial charge in [0.15, 0.2) is 17.0 Å². The van der Waals surface area contributed by atoms with Crippen molar-refractivity contribution in [2.24, 2.45) is 0 Å². The SMILES string of the molecule is CCc1nc2c(N3CCC[C@@H]3COc3ccccc3Cl)ncnc2[nH]1. The Morgan fingerprint density at radius 2 is 2.20 bits per heavy atom. The number of hydrogen-bond donors (Lipinski definition) is 1. The van der Waals surface area contributed by atoms with Gasteiger partial charge in [-0.25, -0.2) is 15.0 Å². The Morgan fingerprint density at radius 3 is 3.04 bits per heavy atom. The number of nitrogens with one attached hydrogen (secondary N) is 1. The fourth-order valence-corrected chi connectivity index (χ4v) is 3.47. The van der Waals surface area contributed by atoms with Crippen molar-refractivity contribution in [1.29, 1.82) is 0 Å². The Balaban J connectivity index is 1.57. The third-order valence-corrected chi connectivity index (χ3v) is 4.88. The Kier molecular flexibility index (Phi) is 4.44. The van der Waals surface area contributed by atoms with Crippen LogP contribution in [-0.4, -0.2) is 39.1 Å². The predicted molar refractivity (Wildman–Crippen MR) is 98.4 cm³/mol. The summed E-state index contributed by atoms with van der Waals surface area (Å²) < 4.78 is 5.97. The van der Waals surface area contributed by atoms with Crippen LogP contribution in [0.15, 0.2) is 30.6 Å². The van der Waals surface area contributed by atoms with Gasteiger partial charge in [0.25, 0.3) is 0 Å². The number of benzene rings is 1. The van der Waals surface area contributed by atoms with Gasteiger partial charge in [0, 0.05) is 13.0 Å². The number of aromatic amines is 1. The molecular weight excluding hydrogens is 338 g/mol. The molecule has 7 heteroatoms. The Hall–Kier alpha value is -2.34. The van der Waals surface area contributed by atoms with Crippen LogP contribution in [0.4, 0.5) is 5.82 Å². The normalized spacial score (nSPS) is 17.4. The van der Waals surface area contributed by atoms with Gasteiger partial charge in [0.2, 0.25) is 0 Å². The van der Waals surface area contributed by atoms with E-state index in [0.717, 1.165) is 54.4 Å². The molecule has 2 aromatic heterocycles. The molecule has 1 aliphatic rings. The minimum absolute atomic E-state index is 0.246. The van der Waals surface area contributed by atoms with E-state index in [1.165, 1.54) is 0 Å². The molecule has 0 radical (unpaired) electrons. The van der Waals surface area contributed by atoms with Crippen LogP contribution in [0.5, 0.6) is 5.75 Å². The fourth-order valence-electron chi connectivity index (χ4n) is 3.28. The first kappa shape index (κ1) is 16.1. The largest absolute Gasteiger partial charge is 0.490 e. The number of halogens is 1. The van der Waals surface area contributed by atoms with Crippen molar-refractivity contribution in [3.05, 3.63) is 41.4 Å². The van der Waals surface area contributed by atoms with E-state index in [0.29, 0.717) is 11.6 Å². The zero-order valence-electron chi connectivity index (χ0n) is 14.1. The van der Waals surface area contributed by atoms with Crippen molar-refractivity contribution in [3.8, 4) is 5.75 Å². The third kappa shape index (κ3) is 3.14. The van der Waals surface area contributed by atoms with Gasteiger partial charge in [-0.1, -0.05) is 30.7 Å². The molecule has 0 unspecified atom stereocenters. The topological polar surface area (TPSA) is 66.9 Å². The second-order valence-corrected chi connectivity index (χ2v) is 6.57. The number of hydrogen-bond acceptors (Lipinski definition) is 5. The van der Waals surface area contributed by atoms with Crippen LogP contribution in [-0.2, 0) is 6.42 Å². The van der Waals surface area contributed by atoms with Crippen molar-refractivity contribution in [2.75, 3.05) is 18.1 Å². The van der Waals surface area contributed by atoms with Gasteiger partial charge < -0.3 is 14.6 Å². The first-order valence-electron chi connectivity index (χ1n) is 8.60. The van der Waals surface area contributed by atoms with Crippen molar-refractivity contribution in [2.45, 2.75) is 32.2 Å². The highest BCUT2D eigenvalue weighted by molar-refractivity contribution is 6.32. The van der Waals surface area contributed by atoms with Crippen LogP contribution >= 0.6 is 11.6 Å². The lowest BCUT2D eigenvalue weighted by atomic mass is 10.2. The summed E-state index contributed by atoms with van der Waals surface area (Å²) in [6, 6.07) is 7.81. The standard InChI is InChI=1S/C18H20ClN5O/c1-2-15-22-16-17(23-15)20-11-21-18(16)24-9-5-6-12(24)10-25-14-8-4-3-7-13(14)19/h3-4,7-8,11-12H,2,5-6,9-10H2,1H3,(H,20,21,22,23)/t12-/m1/s1. The molecule has 130 valence electrons. The summed E-state index contributed by atoms with van der Waals surface area (Å²) in [4.78, 5) is 19.0. The van der Waals surface area contributed by atoms with Gasteiger partial charge in [0.1, 0.15) is 24.5 Å². The summed E-state index contributed by atoms with van der Waals surface area (Å²) in [5.74, 6) is 2.53. The molecule has 4 rings (SSSR count). The Labute approximate surface area is 151 Å². The number of ether oxygens (including phenoxy) is 1. The van der Waals surface area contributed by atoms with Gasteiger partial charge in [-0.3, -0.25) is 0 Å². The number of fused-ring (bicyclic) bond motifs is 1. The number of aromatic nitrogens is 4. The third-order valence-electron chi connectivity index (χ3n) is 4.56. The molecule has 1 fully saturated rings. The maximum Gasteiger partial charge on any atom is 0.163 e. The van der Waals surface area contributed by atoms with Crippen LogP contribution in [0.2, 0.25) is 5.02 Å². The first-order valence-corrected chi connectivity index (χ1v) is 8.97. The van der Waals surface area contributed by atoms with Crippen molar-refractivity contribution in [3.63, 3.8) is 0 Å². The molecule has 6 nitrogen and oxygen atoms in total. The summed E-state index contributed by atoms with van der Waals surface area (Å²) in [5.41, 5.74) is 1.63. The van der Waals surface area contributed by atoms with Gasteiger partial charge >= 0.3 is 0 Å². The maximum atomic E-state index is 6.19. The highest BCUT2D eigenvalue weighted by atomic mass is 35.5. The zero-order valence-corrected chi connectivity index (χ0v) is 14.8. The molecule has 0 bridgehead atoms. The number of anilines is 1. The molecule has 1 atom stereocenters. The van der Waals surface area contributed by atoms with Crippen LogP contribution in [0.25, 0.3) is 11.2 Å². The fraction of sp³-hybridized carbons (Fsp3) is 0.389. The lowest BCUT2D eigenvalue weighted by molar-refractivity contribution is 0.288. The van der Waals surface area contributed by atoms with E-state index in [2.05, 4.69) is 31.8 Å². The van der Waals surface area contributed by atoms with E-state index in [-0.39, 0.29) is 6.04 Å². The molecule has 0 saturated carbocycles. The summed E-state index contributed by atoms with van der Waals surface area (Å²) in [5, 5.41) is 0.636. The highest BCUT2D eigenvalue weighted by Gasteiger charge is 2.29. The summed E-state index contributed by atoms with van der Waals surface area (Å²) in [6.45, 7) is 3.58. The molecule has 1 N–H and O–H groups in total. The Bertz CT molecular complexity index is 881. The number of H-pyrrole nitrogens is 1. The van der Waals surface area contributed by atoms with Gasteiger partial charge in [-0.15, -0.1) is 0 Å². The lowest BCUT2D eigenvalue weighted by Gasteiger charge is -2.25.